The number of carbonyl (C=O) groups excluding carboxylic acids is 1. The summed E-state index contributed by atoms with van der Waals surface area (Å²) in [5, 5.41) is 0. The average Bonchev–Trinajstić information content (AvgIpc) is 2.62. The molecule has 0 radical (unpaired) electrons. The van der Waals surface area contributed by atoms with Crippen LogP contribution < -0.4 is 9.47 Å². The van der Waals surface area contributed by atoms with Gasteiger partial charge in [-0.15, -0.1) is 0 Å². The Morgan fingerprint density at radius 2 is 2.36 bits per heavy atom. The van der Waals surface area contributed by atoms with Crippen molar-refractivity contribution in [3.05, 3.63) is 23.8 Å². The van der Waals surface area contributed by atoms with Crippen LogP contribution in [0.25, 0.3) is 0 Å². The van der Waals surface area contributed by atoms with Crippen LogP contribution in [0, 0.1) is 0 Å². The Balaban J connectivity index is 2.17. The van der Waals surface area contributed by atoms with Gasteiger partial charge in [0.2, 0.25) is 6.79 Å². The van der Waals surface area contributed by atoms with Crippen molar-refractivity contribution in [2.45, 2.75) is 13.5 Å². The maximum Gasteiger partial charge on any atom is 0.302 e. The molecule has 0 aliphatic carbocycles. The number of para-hydroxylation sites is 1. The summed E-state index contributed by atoms with van der Waals surface area (Å²) in [6, 6.07) is 5.50. The van der Waals surface area contributed by atoms with Crippen LogP contribution in [-0.2, 0) is 16.1 Å². The van der Waals surface area contributed by atoms with E-state index in [0.29, 0.717) is 11.5 Å². The molecule has 0 fully saturated rings. The van der Waals surface area contributed by atoms with Gasteiger partial charge in [0.1, 0.15) is 6.61 Å². The Kier molecular flexibility index (Phi) is 2.26. The first-order chi connectivity index (χ1) is 6.77. The molecule has 0 aromatic heterocycles. The molecule has 1 aliphatic heterocycles. The van der Waals surface area contributed by atoms with E-state index in [-0.39, 0.29) is 19.4 Å². The zero-order valence-corrected chi connectivity index (χ0v) is 7.78. The van der Waals surface area contributed by atoms with Gasteiger partial charge in [0.25, 0.3) is 0 Å². The van der Waals surface area contributed by atoms with Crippen molar-refractivity contribution < 1.29 is 19.0 Å². The fourth-order valence-corrected chi connectivity index (χ4v) is 1.28. The summed E-state index contributed by atoms with van der Waals surface area (Å²) in [4.78, 5) is 10.6. The second kappa shape index (κ2) is 3.57. The Morgan fingerprint density at radius 3 is 3.14 bits per heavy atom. The minimum absolute atomic E-state index is 0.224. The van der Waals surface area contributed by atoms with E-state index >= 15 is 0 Å². The molecule has 14 heavy (non-hydrogen) atoms. The molecule has 0 atom stereocenters. The van der Waals surface area contributed by atoms with E-state index in [4.69, 9.17) is 14.2 Å². The van der Waals surface area contributed by atoms with Gasteiger partial charge in [0, 0.05) is 12.5 Å². The number of rotatable bonds is 2. The Morgan fingerprint density at radius 1 is 1.50 bits per heavy atom. The minimum atomic E-state index is -0.304. The number of ether oxygens (including phenoxy) is 3. The third-order valence-corrected chi connectivity index (χ3v) is 1.91. The highest BCUT2D eigenvalue weighted by atomic mass is 16.7. The zero-order valence-electron chi connectivity index (χ0n) is 7.78. The van der Waals surface area contributed by atoms with E-state index in [1.807, 2.05) is 18.2 Å². The van der Waals surface area contributed by atoms with Crippen LogP contribution in [0.15, 0.2) is 18.2 Å². The Bertz CT molecular complexity index is 359. The summed E-state index contributed by atoms with van der Waals surface area (Å²) in [6.45, 7) is 1.83. The monoisotopic (exact) mass is 194 g/mol. The third-order valence-electron chi connectivity index (χ3n) is 1.91. The van der Waals surface area contributed by atoms with Crippen LogP contribution in [0.1, 0.15) is 12.5 Å². The van der Waals surface area contributed by atoms with Crippen LogP contribution in [0.2, 0.25) is 0 Å². The molecule has 0 saturated heterocycles. The van der Waals surface area contributed by atoms with Gasteiger partial charge in [-0.25, -0.2) is 0 Å². The van der Waals surface area contributed by atoms with Gasteiger partial charge < -0.3 is 14.2 Å². The van der Waals surface area contributed by atoms with Crippen molar-refractivity contribution in [3.63, 3.8) is 0 Å². The molecule has 0 amide bonds. The first kappa shape index (κ1) is 8.87. The summed E-state index contributed by atoms with van der Waals surface area (Å²) in [5.41, 5.74) is 0.829. The van der Waals surface area contributed by atoms with Crippen molar-refractivity contribution in [3.8, 4) is 11.5 Å². The van der Waals surface area contributed by atoms with Gasteiger partial charge in [-0.1, -0.05) is 12.1 Å². The quantitative estimate of drug-likeness (QED) is 0.669. The lowest BCUT2D eigenvalue weighted by Gasteiger charge is -2.05. The molecule has 1 aromatic rings. The van der Waals surface area contributed by atoms with E-state index in [2.05, 4.69) is 0 Å². The maximum absolute atomic E-state index is 10.6. The lowest BCUT2D eigenvalue weighted by Crippen LogP contribution is -2.00. The van der Waals surface area contributed by atoms with Gasteiger partial charge in [-0.3, -0.25) is 4.79 Å². The van der Waals surface area contributed by atoms with E-state index in [1.165, 1.54) is 6.92 Å². The number of hydrogen-bond donors (Lipinski definition) is 0. The highest BCUT2D eigenvalue weighted by molar-refractivity contribution is 5.66. The van der Waals surface area contributed by atoms with Crippen LogP contribution >= 0.6 is 0 Å². The topological polar surface area (TPSA) is 44.8 Å². The third kappa shape index (κ3) is 1.64. The van der Waals surface area contributed by atoms with Crippen LogP contribution in [0.5, 0.6) is 11.5 Å². The normalized spacial score (nSPS) is 12.6. The van der Waals surface area contributed by atoms with E-state index in [9.17, 15) is 4.79 Å². The predicted molar refractivity (Wildman–Crippen MR) is 48.0 cm³/mol. The zero-order chi connectivity index (χ0) is 9.97. The number of carbonyl (C=O) groups is 1. The standard InChI is InChI=1S/C10H10O4/c1-7(11)12-5-8-3-2-4-9-10(8)14-6-13-9/h2-4H,5-6H2,1H3. The van der Waals surface area contributed by atoms with Crippen molar-refractivity contribution in [1.82, 2.24) is 0 Å². The van der Waals surface area contributed by atoms with Gasteiger partial charge in [-0.2, -0.15) is 0 Å². The first-order valence-corrected chi connectivity index (χ1v) is 4.28. The number of benzene rings is 1. The van der Waals surface area contributed by atoms with Crippen LogP contribution in [-0.4, -0.2) is 12.8 Å². The summed E-state index contributed by atoms with van der Waals surface area (Å²) in [6.07, 6.45) is 0. The molecule has 1 heterocycles. The van der Waals surface area contributed by atoms with Crippen molar-refractivity contribution in [2.75, 3.05) is 6.79 Å². The molecule has 0 unspecified atom stereocenters. The number of esters is 1. The van der Waals surface area contributed by atoms with Crippen molar-refractivity contribution >= 4 is 5.97 Å². The van der Waals surface area contributed by atoms with Gasteiger partial charge in [0.15, 0.2) is 11.5 Å². The fourth-order valence-electron chi connectivity index (χ4n) is 1.28. The smallest absolute Gasteiger partial charge is 0.302 e. The number of fused-ring (bicyclic) bond motifs is 1. The minimum Gasteiger partial charge on any atom is -0.461 e. The van der Waals surface area contributed by atoms with E-state index in [0.717, 1.165) is 5.56 Å². The Labute approximate surface area is 81.4 Å². The fraction of sp³-hybridized carbons (Fsp3) is 0.300. The molecule has 0 bridgehead atoms. The molecule has 74 valence electrons. The van der Waals surface area contributed by atoms with Crippen LogP contribution in [0.3, 0.4) is 0 Å². The second-order valence-electron chi connectivity index (χ2n) is 2.93. The first-order valence-electron chi connectivity index (χ1n) is 4.28. The summed E-state index contributed by atoms with van der Waals surface area (Å²) < 4.78 is 15.3. The highest BCUT2D eigenvalue weighted by Gasteiger charge is 2.17. The molecular formula is C10H10O4. The van der Waals surface area contributed by atoms with Crippen LogP contribution in [0.4, 0.5) is 0 Å². The lowest BCUT2D eigenvalue weighted by molar-refractivity contribution is -0.142. The molecule has 1 aliphatic rings. The van der Waals surface area contributed by atoms with E-state index in [1.54, 1.807) is 0 Å². The highest BCUT2D eigenvalue weighted by Crippen LogP contribution is 2.35. The van der Waals surface area contributed by atoms with E-state index < -0.39 is 0 Å². The summed E-state index contributed by atoms with van der Waals surface area (Å²) in [5.74, 6) is 1.07. The SMILES string of the molecule is CC(=O)OCc1cccc2c1OCO2. The molecule has 1 aromatic carbocycles. The number of hydrogen-bond acceptors (Lipinski definition) is 4. The second-order valence-corrected chi connectivity index (χ2v) is 2.93. The summed E-state index contributed by atoms with van der Waals surface area (Å²) in [7, 11) is 0. The van der Waals surface area contributed by atoms with Gasteiger partial charge >= 0.3 is 5.97 Å². The molecule has 4 heteroatoms. The van der Waals surface area contributed by atoms with Gasteiger partial charge in [-0.05, 0) is 6.07 Å². The lowest BCUT2D eigenvalue weighted by atomic mass is 10.2. The van der Waals surface area contributed by atoms with Crippen molar-refractivity contribution in [2.24, 2.45) is 0 Å². The Hall–Kier alpha value is -1.71. The molecule has 0 saturated carbocycles. The molecule has 0 spiro atoms. The molecule has 0 N–H and O–H groups in total. The van der Waals surface area contributed by atoms with Crippen molar-refractivity contribution in [1.29, 1.82) is 0 Å². The molecular weight excluding hydrogens is 184 g/mol. The largest absolute Gasteiger partial charge is 0.461 e. The van der Waals surface area contributed by atoms with Gasteiger partial charge in [0.05, 0.1) is 0 Å². The molecule has 4 nitrogen and oxygen atoms in total. The summed E-state index contributed by atoms with van der Waals surface area (Å²) >= 11 is 0. The maximum atomic E-state index is 10.6. The predicted octanol–water partition coefficient (Wildman–Crippen LogP) is 1.48. The average molecular weight is 194 g/mol. The molecule has 2 rings (SSSR count).